The molecule has 0 bridgehead atoms. The maximum Gasteiger partial charge on any atom is 0.314 e. The molecule has 2 aromatic carbocycles. The summed E-state index contributed by atoms with van der Waals surface area (Å²) in [5, 5.41) is 6.70. The van der Waals surface area contributed by atoms with Gasteiger partial charge in [-0.3, -0.25) is 4.79 Å². The number of sulfonamides is 1. The number of carbonyl (C=O) groups excluding carboxylic acids is 2. The van der Waals surface area contributed by atoms with Gasteiger partial charge in [-0.15, -0.1) is 0 Å². The molecule has 48 heavy (non-hydrogen) atoms. The molecule has 1 heterocycles. The van der Waals surface area contributed by atoms with E-state index in [4.69, 9.17) is 37.4 Å². The highest BCUT2D eigenvalue weighted by Gasteiger charge is 2.28. The van der Waals surface area contributed by atoms with E-state index in [1.807, 2.05) is 26.1 Å². The zero-order valence-corrected chi connectivity index (χ0v) is 30.4. The van der Waals surface area contributed by atoms with Crippen LogP contribution in [0, 0.1) is 0 Å². The lowest BCUT2D eigenvalue weighted by molar-refractivity contribution is -0.119. The van der Waals surface area contributed by atoms with E-state index in [0.29, 0.717) is 87.9 Å². The second-order valence-electron chi connectivity index (χ2n) is 11.8. The predicted octanol–water partition coefficient (Wildman–Crippen LogP) is 5.13. The van der Waals surface area contributed by atoms with Crippen LogP contribution in [0.25, 0.3) is 0 Å². The lowest BCUT2D eigenvalue weighted by Gasteiger charge is -2.33. The second kappa shape index (κ2) is 21.7. The van der Waals surface area contributed by atoms with Crippen molar-refractivity contribution in [2.24, 2.45) is 0 Å². The van der Waals surface area contributed by atoms with Gasteiger partial charge in [0.25, 0.3) is 0 Å². The summed E-state index contributed by atoms with van der Waals surface area (Å²) in [5.74, 6) is 0.246. The molecular formula is C34H50Cl2N4O7S. The summed E-state index contributed by atoms with van der Waals surface area (Å²) in [4.78, 5) is 25.6. The number of benzene rings is 2. The van der Waals surface area contributed by atoms with E-state index < -0.39 is 10.0 Å². The highest BCUT2D eigenvalue weighted by atomic mass is 35.5. The number of hydrogen-bond acceptors (Lipinski definition) is 8. The summed E-state index contributed by atoms with van der Waals surface area (Å²) in [6.45, 7) is 6.47. The van der Waals surface area contributed by atoms with Gasteiger partial charge < -0.3 is 29.7 Å². The van der Waals surface area contributed by atoms with Crippen molar-refractivity contribution in [3.63, 3.8) is 0 Å². The topological polar surface area (TPSA) is 135 Å². The molecule has 2 aromatic rings. The van der Waals surface area contributed by atoms with Gasteiger partial charge in [0.2, 0.25) is 10.0 Å². The molecule has 14 heteroatoms. The number of likely N-dealkylation sites (N-methyl/N-ethyl adjacent to an activating group) is 1. The molecule has 0 saturated heterocycles. The molecule has 0 saturated carbocycles. The maximum absolute atomic E-state index is 13.0. The van der Waals surface area contributed by atoms with Crippen LogP contribution in [0.4, 0.5) is 4.79 Å². The summed E-state index contributed by atoms with van der Waals surface area (Å²) in [6.07, 6.45) is 4.80. The quantitative estimate of drug-likeness (QED) is 0.134. The van der Waals surface area contributed by atoms with Crippen LogP contribution in [-0.4, -0.2) is 98.0 Å². The van der Waals surface area contributed by atoms with Crippen LogP contribution < -0.4 is 15.4 Å². The van der Waals surface area contributed by atoms with Gasteiger partial charge in [-0.25, -0.2) is 17.9 Å². The number of hydrogen-bond donors (Lipinski definition) is 3. The van der Waals surface area contributed by atoms with Crippen LogP contribution in [0.1, 0.15) is 68.1 Å². The molecule has 11 nitrogen and oxygen atoms in total. The van der Waals surface area contributed by atoms with Crippen LogP contribution in [-0.2, 0) is 35.6 Å². The Balaban J connectivity index is 1.22. The Morgan fingerprint density at radius 2 is 1.56 bits per heavy atom. The third-order valence-electron chi connectivity index (χ3n) is 7.82. The Labute approximate surface area is 295 Å². The second-order valence-corrected chi connectivity index (χ2v) is 14.4. The zero-order valence-electron chi connectivity index (χ0n) is 28.0. The van der Waals surface area contributed by atoms with Gasteiger partial charge in [0, 0.05) is 61.5 Å². The first-order valence-corrected chi connectivity index (χ1v) is 18.9. The van der Waals surface area contributed by atoms with E-state index in [-0.39, 0.29) is 30.0 Å². The van der Waals surface area contributed by atoms with Crippen molar-refractivity contribution in [1.29, 1.82) is 0 Å². The normalized spacial score (nSPS) is 14.9. The van der Waals surface area contributed by atoms with Crippen molar-refractivity contribution in [2.75, 3.05) is 72.9 Å². The number of ether oxygens (including phenoxy) is 3. The zero-order chi connectivity index (χ0) is 34.8. The van der Waals surface area contributed by atoms with E-state index in [9.17, 15) is 18.0 Å². The summed E-state index contributed by atoms with van der Waals surface area (Å²) < 4.78 is 45.1. The number of urea groups is 1. The first kappa shape index (κ1) is 40.1. The molecule has 0 aromatic heterocycles. The Morgan fingerprint density at radius 1 is 0.875 bits per heavy atom. The fraction of sp³-hybridized carbons (Fsp3) is 0.588. The monoisotopic (exact) mass is 728 g/mol. The Bertz CT molecular complexity index is 1410. The highest BCUT2D eigenvalue weighted by Crippen LogP contribution is 2.38. The molecule has 268 valence electrons. The maximum atomic E-state index is 13.0. The fourth-order valence-electron chi connectivity index (χ4n) is 5.43. The molecular weight excluding hydrogens is 679 g/mol. The number of nitrogens with one attached hydrogen (secondary N) is 3. The first-order chi connectivity index (χ1) is 23.1. The van der Waals surface area contributed by atoms with E-state index in [1.54, 1.807) is 24.3 Å². The third kappa shape index (κ3) is 14.3. The molecule has 1 aliphatic rings. The van der Waals surface area contributed by atoms with Crippen LogP contribution >= 0.6 is 23.2 Å². The molecule has 0 spiro atoms. The molecule has 1 aliphatic heterocycles. The Kier molecular flexibility index (Phi) is 18.2. The smallest absolute Gasteiger partial charge is 0.314 e. The molecule has 3 N–H and O–H groups in total. The first-order valence-electron chi connectivity index (χ1n) is 16.6. The molecule has 0 aliphatic carbocycles. The van der Waals surface area contributed by atoms with Crippen LogP contribution in [0.5, 0.6) is 0 Å². The minimum absolute atomic E-state index is 0.0669. The Morgan fingerprint density at radius 3 is 2.29 bits per heavy atom. The van der Waals surface area contributed by atoms with Gasteiger partial charge in [-0.2, -0.15) is 0 Å². The number of carbonyl (C=O) groups is 2. The van der Waals surface area contributed by atoms with Gasteiger partial charge in [-0.05, 0) is 67.3 Å². The average molecular weight is 730 g/mol. The average Bonchev–Trinajstić information content (AvgIpc) is 3.05. The molecule has 1 unspecified atom stereocenters. The lowest BCUT2D eigenvalue weighted by Crippen LogP contribution is -2.37. The predicted molar refractivity (Wildman–Crippen MR) is 189 cm³/mol. The standard InChI is InChI=1S/C34H50Cl2N4O7S/c1-3-8-28(41)10-5-4-6-12-37-34(42)38-13-15-45-17-19-47-20-18-46-16-14-39-48(43,44)29-11-7-9-26(21-29)31-24-40(2)25-32-30(31)22-27(35)23-33(32)36/h7,9,11,21-23,31,39H,3-6,8,10,12-20,24-25H2,1-2H3,(H2,37,38,42). The van der Waals surface area contributed by atoms with Gasteiger partial charge >= 0.3 is 6.03 Å². The van der Waals surface area contributed by atoms with Crippen molar-refractivity contribution in [3.8, 4) is 0 Å². The number of rotatable bonds is 23. The van der Waals surface area contributed by atoms with E-state index in [1.165, 1.54) is 0 Å². The number of unbranched alkanes of at least 4 members (excludes halogenated alkanes) is 2. The van der Waals surface area contributed by atoms with Crippen molar-refractivity contribution < 1.29 is 32.2 Å². The van der Waals surface area contributed by atoms with Crippen LogP contribution in [0.2, 0.25) is 10.0 Å². The minimum atomic E-state index is -3.74. The largest absolute Gasteiger partial charge is 0.378 e. The third-order valence-corrected chi connectivity index (χ3v) is 9.84. The van der Waals surface area contributed by atoms with Crippen LogP contribution in [0.3, 0.4) is 0 Å². The summed E-state index contributed by atoms with van der Waals surface area (Å²) in [5.41, 5.74) is 2.90. The van der Waals surface area contributed by atoms with Crippen molar-refractivity contribution >= 4 is 45.0 Å². The molecule has 3 rings (SSSR count). The van der Waals surface area contributed by atoms with E-state index in [0.717, 1.165) is 42.4 Å². The summed E-state index contributed by atoms with van der Waals surface area (Å²) in [6, 6.07) is 10.4. The van der Waals surface area contributed by atoms with Gasteiger partial charge in [0.15, 0.2) is 0 Å². The van der Waals surface area contributed by atoms with Gasteiger partial charge in [0.1, 0.15) is 5.78 Å². The number of halogens is 2. The van der Waals surface area contributed by atoms with Crippen molar-refractivity contribution in [1.82, 2.24) is 20.3 Å². The number of fused-ring (bicyclic) bond motifs is 1. The minimum Gasteiger partial charge on any atom is -0.378 e. The molecule has 0 fully saturated rings. The SMILES string of the molecule is CCCC(=O)CCCCCNC(=O)NCCOCCOCCOCCNS(=O)(=O)c1cccc(C2CN(C)Cc3c(Cl)cc(Cl)cc32)c1. The number of Topliss-reactive ketones (excluding diaryl/α,β-unsaturated/α-hetero) is 1. The molecule has 2 amide bonds. The summed E-state index contributed by atoms with van der Waals surface area (Å²) in [7, 11) is -1.73. The van der Waals surface area contributed by atoms with Gasteiger partial charge in [0.05, 0.1) is 44.5 Å². The summed E-state index contributed by atoms with van der Waals surface area (Å²) >= 11 is 12.8. The van der Waals surface area contributed by atoms with Crippen LogP contribution in [0.15, 0.2) is 41.3 Å². The number of amides is 2. The molecule has 1 atom stereocenters. The van der Waals surface area contributed by atoms with Crippen molar-refractivity contribution in [3.05, 3.63) is 63.1 Å². The molecule has 0 radical (unpaired) electrons. The Hall–Kier alpha value is -2.29. The number of ketones is 1. The van der Waals surface area contributed by atoms with Crippen molar-refractivity contribution in [2.45, 2.75) is 62.8 Å². The number of nitrogens with zero attached hydrogens (tertiary/aromatic N) is 1. The lowest BCUT2D eigenvalue weighted by atomic mass is 9.85. The fourth-order valence-corrected chi connectivity index (χ4v) is 7.07. The van der Waals surface area contributed by atoms with Gasteiger partial charge in [-0.1, -0.05) is 48.7 Å². The van der Waals surface area contributed by atoms with E-state index in [2.05, 4.69) is 20.3 Å². The van der Waals surface area contributed by atoms with E-state index >= 15 is 0 Å². The highest BCUT2D eigenvalue weighted by molar-refractivity contribution is 7.89.